The van der Waals surface area contributed by atoms with Crippen LogP contribution in [0.2, 0.25) is 0 Å². The maximum atomic E-state index is 14.3. The summed E-state index contributed by atoms with van der Waals surface area (Å²) in [6.45, 7) is 17.8. The van der Waals surface area contributed by atoms with E-state index in [1.165, 1.54) is 0 Å². The number of benzene rings is 2. The van der Waals surface area contributed by atoms with Crippen molar-refractivity contribution in [2.75, 3.05) is 6.54 Å². The Morgan fingerprint density at radius 1 is 0.821 bits per heavy atom. The van der Waals surface area contributed by atoms with Gasteiger partial charge in [-0.1, -0.05) is 30.3 Å². The number of rotatable bonds is 7. The molecule has 2 saturated heterocycles. The summed E-state index contributed by atoms with van der Waals surface area (Å²) in [6.07, 6.45) is 3.39. The Kier molecular flexibility index (Phi) is 8.02. The lowest BCUT2D eigenvalue weighted by Gasteiger charge is -2.46. The Hall–Kier alpha value is -2.00. The molecule has 1 amide bonds. The van der Waals surface area contributed by atoms with Crippen molar-refractivity contribution >= 4 is 26.7 Å². The summed E-state index contributed by atoms with van der Waals surface area (Å²) in [4.78, 5) is 13.6. The van der Waals surface area contributed by atoms with Gasteiger partial charge in [-0.05, 0) is 78.3 Å². The predicted octanol–water partition coefficient (Wildman–Crippen LogP) is 2.90. The van der Waals surface area contributed by atoms with Crippen molar-refractivity contribution < 1.29 is 23.8 Å². The SMILES string of the molecule is CC1(C)CC(NC(=O)CCN(C2CC(C)(C)[NH2+]C(C)(C)C2)S(=O)(=O)c2ccc3ccccc3c2)CC(C)(C)[NH2+]1. The van der Waals surface area contributed by atoms with Crippen LogP contribution in [0.25, 0.3) is 10.8 Å². The monoisotopic (exact) mass is 558 g/mol. The lowest BCUT2D eigenvalue weighted by molar-refractivity contribution is -0.788. The van der Waals surface area contributed by atoms with Crippen molar-refractivity contribution in [2.24, 2.45) is 0 Å². The fourth-order valence-corrected chi connectivity index (χ4v) is 9.42. The number of nitrogens with two attached hydrogens (primary N) is 2. The number of hydrogen-bond acceptors (Lipinski definition) is 3. The molecule has 0 aromatic heterocycles. The Morgan fingerprint density at radius 3 is 1.90 bits per heavy atom. The first-order chi connectivity index (χ1) is 17.9. The Morgan fingerprint density at radius 2 is 1.33 bits per heavy atom. The molecule has 0 bridgehead atoms. The third-order valence-corrected chi connectivity index (χ3v) is 10.2. The lowest BCUT2D eigenvalue weighted by Crippen LogP contribution is -3.06. The number of hydrogen-bond donors (Lipinski definition) is 3. The van der Waals surface area contributed by atoms with Crippen molar-refractivity contribution in [3.05, 3.63) is 42.5 Å². The number of fused-ring (bicyclic) bond motifs is 1. The summed E-state index contributed by atoms with van der Waals surface area (Å²) in [7, 11) is -3.82. The maximum Gasteiger partial charge on any atom is 0.243 e. The van der Waals surface area contributed by atoms with E-state index in [1.54, 1.807) is 16.4 Å². The number of nitrogens with zero attached hydrogens (tertiary/aromatic N) is 1. The molecule has 216 valence electrons. The van der Waals surface area contributed by atoms with Gasteiger partial charge in [-0.15, -0.1) is 0 Å². The van der Waals surface area contributed by atoms with Gasteiger partial charge >= 0.3 is 0 Å². The van der Waals surface area contributed by atoms with Gasteiger partial charge in [0, 0.05) is 50.7 Å². The molecule has 2 heterocycles. The molecule has 39 heavy (non-hydrogen) atoms. The van der Waals surface area contributed by atoms with Crippen molar-refractivity contribution in [2.45, 2.75) is 127 Å². The topological polar surface area (TPSA) is 99.7 Å². The molecule has 2 aromatic rings. The van der Waals surface area contributed by atoms with E-state index in [0.29, 0.717) is 0 Å². The van der Waals surface area contributed by atoms with Crippen LogP contribution in [-0.4, -0.2) is 59.4 Å². The van der Waals surface area contributed by atoms with Crippen LogP contribution in [0.5, 0.6) is 0 Å². The van der Waals surface area contributed by atoms with Gasteiger partial charge in [0.05, 0.1) is 27.1 Å². The fraction of sp³-hybridized carbons (Fsp3) is 0.645. The van der Waals surface area contributed by atoms with Crippen LogP contribution in [0.15, 0.2) is 47.4 Å². The summed E-state index contributed by atoms with van der Waals surface area (Å²) in [6, 6.07) is 13.1. The third kappa shape index (κ3) is 7.40. The lowest BCUT2D eigenvalue weighted by atomic mass is 9.79. The van der Waals surface area contributed by atoms with Crippen LogP contribution in [0.3, 0.4) is 0 Å². The second-order valence-corrected chi connectivity index (χ2v) is 16.7. The zero-order chi connectivity index (χ0) is 28.9. The average molecular weight is 559 g/mol. The minimum Gasteiger partial charge on any atom is -0.353 e. The minimum absolute atomic E-state index is 0.0426. The van der Waals surface area contributed by atoms with Crippen molar-refractivity contribution in [3.63, 3.8) is 0 Å². The molecule has 4 rings (SSSR count). The van der Waals surface area contributed by atoms with Crippen LogP contribution in [-0.2, 0) is 14.8 Å². The zero-order valence-electron chi connectivity index (χ0n) is 25.2. The summed E-state index contributed by atoms with van der Waals surface area (Å²) in [5, 5.41) is 9.90. The molecule has 2 aliphatic heterocycles. The highest BCUT2D eigenvalue weighted by Crippen LogP contribution is 2.31. The fourth-order valence-electron chi connectivity index (χ4n) is 7.76. The van der Waals surface area contributed by atoms with E-state index in [0.717, 1.165) is 36.5 Å². The standard InChI is InChI=1S/C31H48N4O3S/c1-28(2)18-24(19-29(3,4)33-28)32-27(36)15-16-35(25-20-30(5,6)34-31(7,8)21-25)39(37,38)26-14-13-22-11-9-10-12-23(22)17-26/h9-14,17,24-25,33-34H,15-16,18-21H2,1-8H3,(H,32,36)/p+2. The van der Waals surface area contributed by atoms with Crippen molar-refractivity contribution in [1.82, 2.24) is 9.62 Å². The first-order valence-electron chi connectivity index (χ1n) is 14.4. The second-order valence-electron chi connectivity index (χ2n) is 14.9. The highest BCUT2D eigenvalue weighted by molar-refractivity contribution is 7.89. The number of nitrogens with one attached hydrogen (secondary N) is 1. The molecule has 7 nitrogen and oxygen atoms in total. The molecule has 0 radical (unpaired) electrons. The zero-order valence-corrected chi connectivity index (χ0v) is 26.0. The molecular weight excluding hydrogens is 508 g/mol. The Balaban J connectivity index is 1.59. The van der Waals surface area contributed by atoms with Gasteiger partial charge in [-0.25, -0.2) is 8.42 Å². The molecule has 0 aliphatic carbocycles. The average Bonchev–Trinajstić information content (AvgIpc) is 2.74. The van der Waals surface area contributed by atoms with E-state index in [1.807, 2.05) is 30.3 Å². The second kappa shape index (κ2) is 10.4. The number of carbonyl (C=O) groups excluding carboxylic acids is 1. The van der Waals surface area contributed by atoms with E-state index >= 15 is 0 Å². The smallest absolute Gasteiger partial charge is 0.243 e. The highest BCUT2D eigenvalue weighted by atomic mass is 32.2. The van der Waals surface area contributed by atoms with Gasteiger partial charge in [0.25, 0.3) is 0 Å². The molecule has 5 N–H and O–H groups in total. The van der Waals surface area contributed by atoms with Gasteiger partial charge in [0.2, 0.25) is 15.9 Å². The van der Waals surface area contributed by atoms with Gasteiger partial charge in [-0.2, -0.15) is 4.31 Å². The molecule has 0 saturated carbocycles. The quantitative estimate of drug-likeness (QED) is 0.487. The van der Waals surface area contributed by atoms with Gasteiger partial charge in [0.15, 0.2) is 0 Å². The third-order valence-electron chi connectivity index (χ3n) is 8.29. The highest BCUT2D eigenvalue weighted by Gasteiger charge is 2.47. The van der Waals surface area contributed by atoms with Gasteiger partial charge in [0.1, 0.15) is 0 Å². The minimum atomic E-state index is -3.82. The number of amides is 1. The van der Waals surface area contributed by atoms with E-state index in [9.17, 15) is 13.2 Å². The van der Waals surface area contributed by atoms with E-state index in [2.05, 4.69) is 71.3 Å². The Bertz CT molecular complexity index is 1280. The first-order valence-corrected chi connectivity index (χ1v) is 15.8. The van der Waals surface area contributed by atoms with Crippen LogP contribution in [0.1, 0.15) is 87.5 Å². The van der Waals surface area contributed by atoms with Crippen LogP contribution < -0.4 is 16.0 Å². The summed E-state index contributed by atoms with van der Waals surface area (Å²) >= 11 is 0. The number of sulfonamides is 1. The summed E-state index contributed by atoms with van der Waals surface area (Å²) < 4.78 is 30.1. The van der Waals surface area contributed by atoms with E-state index in [-0.39, 0.29) is 58.0 Å². The molecule has 2 aromatic carbocycles. The predicted molar refractivity (Wildman–Crippen MR) is 157 cm³/mol. The Labute approximate surface area is 235 Å². The maximum absolute atomic E-state index is 14.3. The molecule has 0 atom stereocenters. The van der Waals surface area contributed by atoms with Gasteiger partial charge < -0.3 is 16.0 Å². The summed E-state index contributed by atoms with van der Waals surface area (Å²) in [5.41, 5.74) is -0.134. The van der Waals surface area contributed by atoms with Crippen molar-refractivity contribution in [1.29, 1.82) is 0 Å². The molecule has 2 fully saturated rings. The normalized spacial score (nSPS) is 23.1. The number of carbonyl (C=O) groups is 1. The van der Waals surface area contributed by atoms with Crippen LogP contribution in [0.4, 0.5) is 0 Å². The molecule has 8 heteroatoms. The molecule has 2 aliphatic rings. The van der Waals surface area contributed by atoms with Crippen LogP contribution in [0, 0.1) is 0 Å². The first kappa shape index (κ1) is 30.0. The van der Waals surface area contributed by atoms with Gasteiger partial charge in [-0.3, -0.25) is 4.79 Å². The van der Waals surface area contributed by atoms with Crippen molar-refractivity contribution in [3.8, 4) is 0 Å². The molecule has 0 unspecified atom stereocenters. The molecule has 0 spiro atoms. The largest absolute Gasteiger partial charge is 0.353 e. The van der Waals surface area contributed by atoms with E-state index < -0.39 is 10.0 Å². The number of quaternary nitrogens is 2. The summed E-state index contributed by atoms with van der Waals surface area (Å²) in [5.74, 6) is -0.0758. The van der Waals surface area contributed by atoms with Crippen LogP contribution >= 0.6 is 0 Å². The number of piperidine rings is 2. The molecular formula is C31H50N4O3S+2. The van der Waals surface area contributed by atoms with E-state index in [4.69, 9.17) is 0 Å².